The summed E-state index contributed by atoms with van der Waals surface area (Å²) in [6, 6.07) is 5.46. The van der Waals surface area contributed by atoms with Crippen LogP contribution in [-0.2, 0) is 13.5 Å². The summed E-state index contributed by atoms with van der Waals surface area (Å²) >= 11 is 6.02. The molecule has 1 aromatic heterocycles. The highest BCUT2D eigenvalue weighted by Crippen LogP contribution is 2.32. The second kappa shape index (κ2) is 5.42. The van der Waals surface area contributed by atoms with Gasteiger partial charge in [0.05, 0.1) is 25.6 Å². The van der Waals surface area contributed by atoms with E-state index in [0.717, 1.165) is 22.8 Å². The van der Waals surface area contributed by atoms with Crippen LogP contribution in [0.25, 0.3) is 11.3 Å². The zero-order valence-electron chi connectivity index (χ0n) is 10.4. The maximum absolute atomic E-state index is 8.97. The van der Waals surface area contributed by atoms with Crippen LogP contribution in [0.2, 0.25) is 5.02 Å². The van der Waals surface area contributed by atoms with Gasteiger partial charge in [-0.2, -0.15) is 0 Å². The number of ether oxygens (including phenoxy) is 1. The topological polar surface area (TPSA) is 47.3 Å². The first-order valence-corrected chi connectivity index (χ1v) is 6.00. The SMILES string of the molecule is COc1ccc(Cl)cc1-c1cnc(CCO)n1C. The summed E-state index contributed by atoms with van der Waals surface area (Å²) < 4.78 is 7.26. The lowest BCUT2D eigenvalue weighted by Crippen LogP contribution is -2.02. The Balaban J connectivity index is 2.51. The summed E-state index contributed by atoms with van der Waals surface area (Å²) in [5.41, 5.74) is 1.81. The molecule has 0 aliphatic carbocycles. The molecule has 2 aromatic rings. The maximum Gasteiger partial charge on any atom is 0.128 e. The third-order valence-electron chi connectivity index (χ3n) is 2.86. The molecule has 0 bridgehead atoms. The van der Waals surface area contributed by atoms with E-state index >= 15 is 0 Å². The van der Waals surface area contributed by atoms with E-state index in [2.05, 4.69) is 4.98 Å². The minimum absolute atomic E-state index is 0.0803. The van der Waals surface area contributed by atoms with Crippen molar-refractivity contribution in [1.29, 1.82) is 0 Å². The molecule has 0 radical (unpaired) electrons. The van der Waals surface area contributed by atoms with Gasteiger partial charge >= 0.3 is 0 Å². The number of aromatic nitrogens is 2. The Hall–Kier alpha value is -1.52. The van der Waals surface area contributed by atoms with Gasteiger partial charge in [-0.25, -0.2) is 4.98 Å². The van der Waals surface area contributed by atoms with Gasteiger partial charge < -0.3 is 14.4 Å². The molecule has 1 N–H and O–H groups in total. The molecule has 96 valence electrons. The highest BCUT2D eigenvalue weighted by molar-refractivity contribution is 6.30. The lowest BCUT2D eigenvalue weighted by atomic mass is 10.1. The molecule has 0 unspecified atom stereocenters. The van der Waals surface area contributed by atoms with Gasteiger partial charge in [0.25, 0.3) is 0 Å². The van der Waals surface area contributed by atoms with Gasteiger partial charge in [0.2, 0.25) is 0 Å². The number of imidazole rings is 1. The Labute approximate surface area is 111 Å². The van der Waals surface area contributed by atoms with E-state index in [9.17, 15) is 0 Å². The summed E-state index contributed by atoms with van der Waals surface area (Å²) in [6.45, 7) is 0.0803. The molecule has 1 heterocycles. The average Bonchev–Trinajstić information content (AvgIpc) is 2.72. The Bertz CT molecular complexity index is 552. The zero-order valence-corrected chi connectivity index (χ0v) is 11.1. The van der Waals surface area contributed by atoms with Gasteiger partial charge in [0, 0.05) is 24.1 Å². The summed E-state index contributed by atoms with van der Waals surface area (Å²) in [5.74, 6) is 1.58. The second-order valence-electron chi connectivity index (χ2n) is 3.94. The minimum atomic E-state index is 0.0803. The summed E-state index contributed by atoms with van der Waals surface area (Å²) in [5, 5.41) is 9.62. The van der Waals surface area contributed by atoms with Crippen molar-refractivity contribution in [2.24, 2.45) is 7.05 Å². The van der Waals surface area contributed by atoms with Gasteiger partial charge in [-0.3, -0.25) is 0 Å². The van der Waals surface area contributed by atoms with Gasteiger partial charge in [0.1, 0.15) is 11.6 Å². The van der Waals surface area contributed by atoms with Crippen LogP contribution in [0.1, 0.15) is 5.82 Å². The molecular formula is C13H15ClN2O2. The molecule has 18 heavy (non-hydrogen) atoms. The van der Waals surface area contributed by atoms with Crippen molar-refractivity contribution in [3.8, 4) is 17.0 Å². The van der Waals surface area contributed by atoms with E-state index < -0.39 is 0 Å². The molecule has 0 aliphatic heterocycles. The van der Waals surface area contributed by atoms with Crippen molar-refractivity contribution >= 4 is 11.6 Å². The largest absolute Gasteiger partial charge is 0.496 e. The predicted octanol–water partition coefficient (Wildman–Crippen LogP) is 2.28. The number of rotatable bonds is 4. The molecule has 0 amide bonds. The molecule has 0 aliphatic rings. The monoisotopic (exact) mass is 266 g/mol. The fourth-order valence-electron chi connectivity index (χ4n) is 1.91. The van der Waals surface area contributed by atoms with Crippen molar-refractivity contribution in [2.45, 2.75) is 6.42 Å². The number of halogens is 1. The molecule has 0 fully saturated rings. The fourth-order valence-corrected chi connectivity index (χ4v) is 2.08. The molecule has 0 saturated heterocycles. The van der Waals surface area contributed by atoms with E-state index in [1.165, 1.54) is 0 Å². The van der Waals surface area contributed by atoms with Crippen LogP contribution in [-0.4, -0.2) is 28.4 Å². The van der Waals surface area contributed by atoms with Crippen molar-refractivity contribution in [3.63, 3.8) is 0 Å². The third kappa shape index (κ3) is 2.35. The van der Waals surface area contributed by atoms with E-state index in [1.807, 2.05) is 23.7 Å². The molecular weight excluding hydrogens is 252 g/mol. The first kappa shape index (κ1) is 12.9. The van der Waals surface area contributed by atoms with Crippen LogP contribution in [0.5, 0.6) is 5.75 Å². The highest BCUT2D eigenvalue weighted by atomic mass is 35.5. The van der Waals surface area contributed by atoms with E-state index in [0.29, 0.717) is 11.4 Å². The predicted molar refractivity (Wildman–Crippen MR) is 71.0 cm³/mol. The van der Waals surface area contributed by atoms with Crippen LogP contribution >= 0.6 is 11.6 Å². The second-order valence-corrected chi connectivity index (χ2v) is 4.37. The Morgan fingerprint density at radius 1 is 1.44 bits per heavy atom. The Morgan fingerprint density at radius 2 is 2.22 bits per heavy atom. The molecule has 0 saturated carbocycles. The lowest BCUT2D eigenvalue weighted by Gasteiger charge is -2.10. The standard InChI is InChI=1S/C13H15ClN2O2/c1-16-11(8-15-13(16)5-6-17)10-7-9(14)3-4-12(10)18-2/h3-4,7-8,17H,5-6H2,1-2H3. The number of aliphatic hydroxyl groups excluding tert-OH is 1. The average molecular weight is 267 g/mol. The van der Waals surface area contributed by atoms with Gasteiger partial charge in [0.15, 0.2) is 0 Å². The van der Waals surface area contributed by atoms with Crippen LogP contribution in [0.3, 0.4) is 0 Å². The molecule has 5 heteroatoms. The van der Waals surface area contributed by atoms with E-state index in [1.54, 1.807) is 19.4 Å². The summed E-state index contributed by atoms with van der Waals surface area (Å²) in [7, 11) is 3.53. The third-order valence-corrected chi connectivity index (χ3v) is 3.09. The van der Waals surface area contributed by atoms with E-state index in [-0.39, 0.29) is 6.61 Å². The minimum Gasteiger partial charge on any atom is -0.496 e. The molecule has 4 nitrogen and oxygen atoms in total. The normalized spacial score (nSPS) is 10.7. The summed E-state index contributed by atoms with van der Waals surface area (Å²) in [6.07, 6.45) is 2.29. The summed E-state index contributed by atoms with van der Waals surface area (Å²) in [4.78, 5) is 4.29. The zero-order chi connectivity index (χ0) is 13.1. The number of hydrogen-bond donors (Lipinski definition) is 1. The number of hydrogen-bond acceptors (Lipinski definition) is 3. The van der Waals surface area contributed by atoms with Crippen LogP contribution in [0, 0.1) is 0 Å². The van der Waals surface area contributed by atoms with Gasteiger partial charge in [-0.1, -0.05) is 11.6 Å². The Morgan fingerprint density at radius 3 is 2.89 bits per heavy atom. The Kier molecular flexibility index (Phi) is 3.89. The van der Waals surface area contributed by atoms with Crippen molar-refractivity contribution in [2.75, 3.05) is 13.7 Å². The highest BCUT2D eigenvalue weighted by Gasteiger charge is 2.13. The van der Waals surface area contributed by atoms with Gasteiger partial charge in [-0.15, -0.1) is 0 Å². The quantitative estimate of drug-likeness (QED) is 0.924. The molecule has 1 aromatic carbocycles. The van der Waals surface area contributed by atoms with E-state index in [4.69, 9.17) is 21.4 Å². The number of aliphatic hydroxyl groups is 1. The van der Waals surface area contributed by atoms with Crippen LogP contribution < -0.4 is 4.74 Å². The first-order chi connectivity index (χ1) is 8.67. The first-order valence-electron chi connectivity index (χ1n) is 5.62. The smallest absolute Gasteiger partial charge is 0.128 e. The lowest BCUT2D eigenvalue weighted by molar-refractivity contribution is 0.295. The molecule has 0 atom stereocenters. The van der Waals surface area contributed by atoms with Crippen LogP contribution in [0.4, 0.5) is 0 Å². The van der Waals surface area contributed by atoms with Crippen molar-refractivity contribution in [3.05, 3.63) is 35.2 Å². The maximum atomic E-state index is 8.97. The number of methoxy groups -OCH3 is 1. The number of benzene rings is 1. The van der Waals surface area contributed by atoms with Crippen LogP contribution in [0.15, 0.2) is 24.4 Å². The van der Waals surface area contributed by atoms with Crippen molar-refractivity contribution in [1.82, 2.24) is 9.55 Å². The van der Waals surface area contributed by atoms with Crippen molar-refractivity contribution < 1.29 is 9.84 Å². The van der Waals surface area contributed by atoms with Gasteiger partial charge in [-0.05, 0) is 18.2 Å². The molecule has 0 spiro atoms. The fraction of sp³-hybridized carbons (Fsp3) is 0.308. The number of nitrogens with zero attached hydrogens (tertiary/aromatic N) is 2. The molecule has 2 rings (SSSR count).